The molecule has 0 aliphatic carbocycles. The first-order valence-corrected chi connectivity index (χ1v) is 8.34. The molecule has 0 bridgehead atoms. The SMILES string of the molecule is [B]c1c([B])c([B])c(-c2cccc(F)c2-c2cc(OC)ccc2OC)c([B])c1[B]. The lowest BCUT2D eigenvalue weighted by Crippen LogP contribution is -2.55. The fourth-order valence-electron chi connectivity index (χ4n) is 3.16. The molecule has 0 spiro atoms. The molecule has 0 N–H and O–H groups in total. The predicted molar refractivity (Wildman–Crippen MR) is 117 cm³/mol. The molecular weight excluding hydrogens is 345 g/mol. The summed E-state index contributed by atoms with van der Waals surface area (Å²) in [6.45, 7) is 0. The van der Waals surface area contributed by atoms with E-state index in [9.17, 15) is 0 Å². The van der Waals surface area contributed by atoms with Crippen molar-refractivity contribution in [1.82, 2.24) is 0 Å². The maximum absolute atomic E-state index is 15.1. The summed E-state index contributed by atoms with van der Waals surface area (Å²) in [7, 11) is 33.3. The Bertz CT molecular complexity index is 1040. The van der Waals surface area contributed by atoms with Gasteiger partial charge in [-0.3, -0.25) is 0 Å². The molecule has 10 radical (unpaired) electrons. The molecule has 0 fully saturated rings. The molecule has 3 aromatic carbocycles. The second kappa shape index (κ2) is 7.87. The van der Waals surface area contributed by atoms with E-state index in [4.69, 9.17) is 48.7 Å². The minimum atomic E-state index is -0.503. The van der Waals surface area contributed by atoms with Crippen molar-refractivity contribution in [3.63, 3.8) is 0 Å². The molecule has 0 saturated heterocycles. The molecule has 0 saturated carbocycles. The van der Waals surface area contributed by atoms with Crippen molar-refractivity contribution in [2.24, 2.45) is 0 Å². The fraction of sp³-hybridized carbons (Fsp3) is 0.100. The Hall–Kier alpha value is -2.49. The van der Waals surface area contributed by atoms with Gasteiger partial charge >= 0.3 is 0 Å². The molecule has 0 amide bonds. The zero-order valence-electron chi connectivity index (χ0n) is 15.5. The molecule has 0 atom stereocenters. The van der Waals surface area contributed by atoms with Crippen molar-refractivity contribution >= 4 is 66.5 Å². The van der Waals surface area contributed by atoms with Crippen LogP contribution in [-0.4, -0.2) is 53.5 Å². The number of ether oxygens (including phenoxy) is 2. The van der Waals surface area contributed by atoms with Crippen LogP contribution in [0.15, 0.2) is 36.4 Å². The van der Waals surface area contributed by atoms with E-state index >= 15 is 4.39 Å². The molecule has 0 aromatic heterocycles. The summed E-state index contributed by atoms with van der Waals surface area (Å²) in [5, 5.41) is 0. The standard InChI is InChI=1S/C20H12B5FO2/c1-27-9-6-7-13(28-2)11(8-9)14-10(4-3-5-12(14)26)15-16(21)18(23)20(25)19(24)17(15)22/h3-8H,1-2H3. The van der Waals surface area contributed by atoms with Gasteiger partial charge in [-0.05, 0) is 35.4 Å². The first kappa shape index (κ1) is 20.3. The van der Waals surface area contributed by atoms with Crippen LogP contribution in [0.4, 0.5) is 4.39 Å². The molecule has 126 valence electrons. The van der Waals surface area contributed by atoms with Crippen molar-refractivity contribution in [1.29, 1.82) is 0 Å². The quantitative estimate of drug-likeness (QED) is 0.566. The average molecular weight is 357 g/mol. The number of hydrogen-bond donors (Lipinski definition) is 0. The van der Waals surface area contributed by atoms with E-state index in [1.54, 1.807) is 30.3 Å². The van der Waals surface area contributed by atoms with E-state index in [2.05, 4.69) is 0 Å². The molecule has 3 rings (SSSR count). The molecule has 0 unspecified atom stereocenters. The maximum atomic E-state index is 15.1. The smallest absolute Gasteiger partial charge is 0.131 e. The third kappa shape index (κ3) is 3.25. The van der Waals surface area contributed by atoms with E-state index in [1.807, 2.05) is 0 Å². The first-order valence-electron chi connectivity index (χ1n) is 8.34. The lowest BCUT2D eigenvalue weighted by Gasteiger charge is -2.24. The molecule has 3 aromatic rings. The Morgan fingerprint density at radius 3 is 1.86 bits per heavy atom. The Morgan fingerprint density at radius 1 is 0.679 bits per heavy atom. The van der Waals surface area contributed by atoms with Gasteiger partial charge in [0.05, 0.1) is 14.2 Å². The number of methoxy groups -OCH3 is 2. The number of benzene rings is 3. The summed E-state index contributed by atoms with van der Waals surface area (Å²) in [5.41, 5.74) is 1.92. The molecule has 0 aliphatic rings. The van der Waals surface area contributed by atoms with Crippen molar-refractivity contribution in [3.8, 4) is 33.8 Å². The van der Waals surface area contributed by atoms with E-state index in [-0.39, 0.29) is 32.9 Å². The summed E-state index contributed by atoms with van der Waals surface area (Å²) in [6.07, 6.45) is 0. The van der Waals surface area contributed by atoms with Gasteiger partial charge in [0, 0.05) is 11.1 Å². The highest BCUT2D eigenvalue weighted by atomic mass is 19.1. The van der Waals surface area contributed by atoms with E-state index in [0.717, 1.165) is 0 Å². The lowest BCUT2D eigenvalue weighted by molar-refractivity contribution is 0.404. The molecule has 8 heteroatoms. The fourth-order valence-corrected chi connectivity index (χ4v) is 3.16. The van der Waals surface area contributed by atoms with Crippen LogP contribution < -0.4 is 36.8 Å². The number of rotatable bonds is 4. The largest absolute Gasteiger partial charge is 0.497 e. The topological polar surface area (TPSA) is 18.5 Å². The first-order chi connectivity index (χ1) is 13.3. The highest BCUT2D eigenvalue weighted by molar-refractivity contribution is 6.68. The molecular formula is C20H12B5FO2. The number of halogens is 1. The van der Waals surface area contributed by atoms with Crippen LogP contribution in [0.1, 0.15) is 0 Å². The number of hydrogen-bond acceptors (Lipinski definition) is 2. The minimum Gasteiger partial charge on any atom is -0.497 e. The van der Waals surface area contributed by atoms with Crippen LogP contribution in [0.3, 0.4) is 0 Å². The van der Waals surface area contributed by atoms with Gasteiger partial charge in [-0.1, -0.05) is 23.1 Å². The van der Waals surface area contributed by atoms with Crippen molar-refractivity contribution in [2.45, 2.75) is 0 Å². The van der Waals surface area contributed by atoms with Gasteiger partial charge in [0.1, 0.15) is 56.5 Å². The normalized spacial score (nSPS) is 10.7. The van der Waals surface area contributed by atoms with Gasteiger partial charge in [-0.25, -0.2) is 4.39 Å². The highest BCUT2D eigenvalue weighted by Gasteiger charge is 2.20. The zero-order valence-corrected chi connectivity index (χ0v) is 15.5. The predicted octanol–water partition coefficient (Wildman–Crippen LogP) is -0.854. The Morgan fingerprint density at radius 2 is 1.29 bits per heavy atom. The van der Waals surface area contributed by atoms with Crippen molar-refractivity contribution in [3.05, 3.63) is 42.2 Å². The van der Waals surface area contributed by atoms with E-state index in [1.165, 1.54) is 20.3 Å². The van der Waals surface area contributed by atoms with Crippen molar-refractivity contribution < 1.29 is 13.9 Å². The van der Waals surface area contributed by atoms with Crippen LogP contribution >= 0.6 is 0 Å². The Kier molecular flexibility index (Phi) is 5.69. The van der Waals surface area contributed by atoms with Crippen molar-refractivity contribution in [2.75, 3.05) is 14.2 Å². The maximum Gasteiger partial charge on any atom is 0.131 e. The third-order valence-electron chi connectivity index (χ3n) is 4.66. The van der Waals surface area contributed by atoms with Crippen LogP contribution in [0.2, 0.25) is 0 Å². The summed E-state index contributed by atoms with van der Waals surface area (Å²) < 4.78 is 25.7. The summed E-state index contributed by atoms with van der Waals surface area (Å²) >= 11 is 0. The molecule has 0 heterocycles. The Labute approximate surface area is 170 Å². The van der Waals surface area contributed by atoms with Crippen LogP contribution in [0.5, 0.6) is 11.5 Å². The molecule has 2 nitrogen and oxygen atoms in total. The highest BCUT2D eigenvalue weighted by Crippen LogP contribution is 2.39. The summed E-state index contributed by atoms with van der Waals surface area (Å²) in [4.78, 5) is 0. The van der Waals surface area contributed by atoms with Crippen LogP contribution in [0, 0.1) is 5.82 Å². The Balaban J connectivity index is 2.43. The van der Waals surface area contributed by atoms with Gasteiger partial charge in [0.2, 0.25) is 0 Å². The third-order valence-corrected chi connectivity index (χ3v) is 4.66. The van der Waals surface area contributed by atoms with Crippen LogP contribution in [-0.2, 0) is 0 Å². The summed E-state index contributed by atoms with van der Waals surface area (Å²) in [5.74, 6) is 0.472. The van der Waals surface area contributed by atoms with Gasteiger partial charge in [-0.15, -0.1) is 16.4 Å². The second-order valence-corrected chi connectivity index (χ2v) is 6.17. The van der Waals surface area contributed by atoms with Gasteiger partial charge < -0.3 is 9.47 Å². The van der Waals surface area contributed by atoms with Crippen LogP contribution in [0.25, 0.3) is 22.3 Å². The minimum absolute atomic E-state index is 0.0921. The monoisotopic (exact) mass is 358 g/mol. The second-order valence-electron chi connectivity index (χ2n) is 6.17. The lowest BCUT2D eigenvalue weighted by atomic mass is 9.59. The molecule has 0 aliphatic heterocycles. The van der Waals surface area contributed by atoms with E-state index in [0.29, 0.717) is 28.2 Å². The summed E-state index contributed by atoms with van der Waals surface area (Å²) in [6, 6.07) is 9.61. The van der Waals surface area contributed by atoms with Gasteiger partial charge in [0.25, 0.3) is 0 Å². The average Bonchev–Trinajstić information content (AvgIpc) is 2.70. The van der Waals surface area contributed by atoms with Gasteiger partial charge in [-0.2, -0.15) is 0 Å². The van der Waals surface area contributed by atoms with Gasteiger partial charge in [0.15, 0.2) is 0 Å². The zero-order chi connectivity index (χ0) is 20.6. The van der Waals surface area contributed by atoms with E-state index < -0.39 is 5.82 Å². The molecule has 28 heavy (non-hydrogen) atoms.